The number of thioether (sulfide) groups is 1. The van der Waals surface area contributed by atoms with Crippen molar-refractivity contribution in [2.75, 3.05) is 13.2 Å². The summed E-state index contributed by atoms with van der Waals surface area (Å²) in [6, 6.07) is 10.2. The Morgan fingerprint density at radius 2 is 1.95 bits per heavy atom. The van der Waals surface area contributed by atoms with Gasteiger partial charge in [0, 0.05) is 23.0 Å². The van der Waals surface area contributed by atoms with Gasteiger partial charge in [0.05, 0.1) is 5.69 Å². The molecule has 4 rings (SSSR count). The molecule has 0 amide bonds. The first-order chi connectivity index (χ1) is 10.8. The molecule has 0 saturated heterocycles. The van der Waals surface area contributed by atoms with E-state index < -0.39 is 0 Å². The molecule has 0 fully saturated rings. The molecule has 0 atom stereocenters. The minimum absolute atomic E-state index is 0.618. The van der Waals surface area contributed by atoms with Crippen molar-refractivity contribution in [2.24, 2.45) is 0 Å². The van der Waals surface area contributed by atoms with Crippen LogP contribution < -0.4 is 9.47 Å². The van der Waals surface area contributed by atoms with Gasteiger partial charge in [0.15, 0.2) is 11.5 Å². The van der Waals surface area contributed by atoms with E-state index in [4.69, 9.17) is 9.47 Å². The molecule has 0 N–H and O–H groups in total. The Morgan fingerprint density at radius 3 is 2.86 bits per heavy atom. The summed E-state index contributed by atoms with van der Waals surface area (Å²) < 4.78 is 13.2. The van der Waals surface area contributed by atoms with Gasteiger partial charge in [0.25, 0.3) is 0 Å². The number of rotatable bonds is 3. The van der Waals surface area contributed by atoms with Gasteiger partial charge in [0.1, 0.15) is 18.9 Å². The molecule has 0 spiro atoms. The number of pyridine rings is 1. The maximum absolute atomic E-state index is 5.62. The van der Waals surface area contributed by atoms with Crippen LogP contribution in [0.15, 0.2) is 47.6 Å². The Balaban J connectivity index is 1.51. The van der Waals surface area contributed by atoms with Gasteiger partial charge in [-0.25, -0.2) is 4.98 Å². The van der Waals surface area contributed by atoms with E-state index in [1.807, 2.05) is 18.2 Å². The molecule has 2 aromatic heterocycles. The molecule has 0 bridgehead atoms. The summed E-state index contributed by atoms with van der Waals surface area (Å²) in [4.78, 5) is 5.81. The highest BCUT2D eigenvalue weighted by Crippen LogP contribution is 2.35. The molecule has 0 unspecified atom stereocenters. The van der Waals surface area contributed by atoms with Crippen LogP contribution in [0.1, 0.15) is 11.3 Å². The Kier molecular flexibility index (Phi) is 3.42. The fraction of sp³-hybridized carbons (Fsp3) is 0.235. The Labute approximate surface area is 133 Å². The highest BCUT2D eigenvalue weighted by Gasteiger charge is 2.12. The zero-order valence-corrected chi connectivity index (χ0v) is 13.1. The van der Waals surface area contributed by atoms with Gasteiger partial charge in [0.2, 0.25) is 0 Å². The monoisotopic (exact) mass is 312 g/mol. The van der Waals surface area contributed by atoms with Crippen LogP contribution in [-0.4, -0.2) is 22.6 Å². The van der Waals surface area contributed by atoms with E-state index in [0.717, 1.165) is 33.5 Å². The lowest BCUT2D eigenvalue weighted by atomic mass is 10.3. The number of benzene rings is 1. The van der Waals surface area contributed by atoms with Crippen molar-refractivity contribution >= 4 is 17.4 Å². The Bertz CT molecular complexity index is 829. The molecule has 0 radical (unpaired) electrons. The molecule has 112 valence electrons. The average Bonchev–Trinajstić information content (AvgIpc) is 2.94. The van der Waals surface area contributed by atoms with Crippen LogP contribution in [0.25, 0.3) is 5.65 Å². The van der Waals surface area contributed by atoms with Crippen molar-refractivity contribution in [3.63, 3.8) is 0 Å². The minimum atomic E-state index is 0.618. The number of ether oxygens (including phenoxy) is 2. The highest BCUT2D eigenvalue weighted by atomic mass is 32.2. The maximum atomic E-state index is 5.62. The third kappa shape index (κ3) is 2.64. The van der Waals surface area contributed by atoms with Gasteiger partial charge >= 0.3 is 0 Å². The summed E-state index contributed by atoms with van der Waals surface area (Å²) in [5.74, 6) is 2.50. The molecule has 3 heterocycles. The molecule has 22 heavy (non-hydrogen) atoms. The first kappa shape index (κ1) is 13.5. The van der Waals surface area contributed by atoms with Crippen LogP contribution in [0.2, 0.25) is 0 Å². The lowest BCUT2D eigenvalue weighted by molar-refractivity contribution is 0.171. The Hall–Kier alpha value is -2.14. The van der Waals surface area contributed by atoms with Gasteiger partial charge in [-0.05, 0) is 36.8 Å². The summed E-state index contributed by atoms with van der Waals surface area (Å²) >= 11 is 1.75. The van der Waals surface area contributed by atoms with E-state index in [1.165, 1.54) is 5.56 Å². The summed E-state index contributed by atoms with van der Waals surface area (Å²) in [5, 5.41) is 0. The van der Waals surface area contributed by atoms with Gasteiger partial charge in [-0.3, -0.25) is 0 Å². The van der Waals surface area contributed by atoms with E-state index >= 15 is 0 Å². The molecule has 3 aromatic rings. The fourth-order valence-electron chi connectivity index (χ4n) is 2.50. The maximum Gasteiger partial charge on any atom is 0.162 e. The summed E-state index contributed by atoms with van der Waals surface area (Å²) in [6.07, 6.45) is 4.19. The number of fused-ring (bicyclic) bond motifs is 2. The molecule has 1 aliphatic heterocycles. The van der Waals surface area contributed by atoms with E-state index in [-0.39, 0.29) is 0 Å². The summed E-state index contributed by atoms with van der Waals surface area (Å²) in [6.45, 7) is 3.33. The quantitative estimate of drug-likeness (QED) is 0.691. The number of aryl methyl sites for hydroxylation is 1. The third-order valence-electron chi connectivity index (χ3n) is 3.55. The van der Waals surface area contributed by atoms with Crippen molar-refractivity contribution in [1.29, 1.82) is 0 Å². The lowest BCUT2D eigenvalue weighted by Gasteiger charge is -2.18. The molecule has 1 aromatic carbocycles. The zero-order chi connectivity index (χ0) is 14.9. The second-order valence-corrected chi connectivity index (χ2v) is 6.35. The second-order valence-electron chi connectivity index (χ2n) is 5.30. The first-order valence-corrected chi connectivity index (χ1v) is 8.23. The third-order valence-corrected chi connectivity index (χ3v) is 4.58. The SMILES string of the molecule is Cc1ccc2nc(CSc3ccc4c(c3)OCCO4)cn2c1. The van der Waals surface area contributed by atoms with Gasteiger partial charge in [-0.2, -0.15) is 0 Å². The molecule has 0 aliphatic carbocycles. The molecular formula is C17H16N2O2S. The summed E-state index contributed by atoms with van der Waals surface area (Å²) in [5.41, 5.74) is 3.30. The van der Waals surface area contributed by atoms with Crippen LogP contribution >= 0.6 is 11.8 Å². The molecule has 1 aliphatic rings. The molecule has 0 saturated carbocycles. The van der Waals surface area contributed by atoms with Crippen molar-refractivity contribution in [1.82, 2.24) is 9.38 Å². The predicted octanol–water partition coefficient (Wildman–Crippen LogP) is 3.71. The number of hydrogen-bond acceptors (Lipinski definition) is 4. The van der Waals surface area contributed by atoms with Crippen LogP contribution in [0, 0.1) is 6.92 Å². The number of aromatic nitrogens is 2. The standard InChI is InChI=1S/C17H16N2O2S/c1-12-2-5-17-18-13(10-19(17)9-12)11-22-14-3-4-15-16(8-14)21-7-6-20-15/h2-5,8-10H,6-7,11H2,1H3. The van der Waals surface area contributed by atoms with Crippen LogP contribution in [0.4, 0.5) is 0 Å². The van der Waals surface area contributed by atoms with Crippen LogP contribution in [0.5, 0.6) is 11.5 Å². The second kappa shape index (κ2) is 5.57. The number of nitrogens with zero attached hydrogens (tertiary/aromatic N) is 2. The van der Waals surface area contributed by atoms with E-state index in [1.54, 1.807) is 11.8 Å². The van der Waals surface area contributed by atoms with Crippen LogP contribution in [0.3, 0.4) is 0 Å². The topological polar surface area (TPSA) is 35.8 Å². The van der Waals surface area contributed by atoms with E-state index in [9.17, 15) is 0 Å². The van der Waals surface area contributed by atoms with E-state index in [2.05, 4.69) is 40.8 Å². The largest absolute Gasteiger partial charge is 0.486 e. The van der Waals surface area contributed by atoms with Crippen LogP contribution in [-0.2, 0) is 5.75 Å². The van der Waals surface area contributed by atoms with Gasteiger partial charge in [-0.15, -0.1) is 11.8 Å². The summed E-state index contributed by atoms with van der Waals surface area (Å²) in [7, 11) is 0. The lowest BCUT2D eigenvalue weighted by Crippen LogP contribution is -2.15. The fourth-order valence-corrected chi connectivity index (χ4v) is 3.30. The number of hydrogen-bond donors (Lipinski definition) is 0. The van der Waals surface area contributed by atoms with Crippen molar-refractivity contribution in [2.45, 2.75) is 17.6 Å². The molecular weight excluding hydrogens is 296 g/mol. The van der Waals surface area contributed by atoms with Crippen molar-refractivity contribution in [3.8, 4) is 11.5 Å². The zero-order valence-electron chi connectivity index (χ0n) is 12.3. The van der Waals surface area contributed by atoms with Crippen molar-refractivity contribution in [3.05, 3.63) is 54.0 Å². The van der Waals surface area contributed by atoms with Crippen molar-refractivity contribution < 1.29 is 9.47 Å². The molecule has 4 nitrogen and oxygen atoms in total. The first-order valence-electron chi connectivity index (χ1n) is 7.25. The minimum Gasteiger partial charge on any atom is -0.486 e. The average molecular weight is 312 g/mol. The van der Waals surface area contributed by atoms with Gasteiger partial charge < -0.3 is 13.9 Å². The number of imidazole rings is 1. The highest BCUT2D eigenvalue weighted by molar-refractivity contribution is 7.98. The smallest absolute Gasteiger partial charge is 0.162 e. The Morgan fingerprint density at radius 1 is 1.09 bits per heavy atom. The molecule has 5 heteroatoms. The normalized spacial score (nSPS) is 13.5. The van der Waals surface area contributed by atoms with E-state index in [0.29, 0.717) is 13.2 Å². The predicted molar refractivity (Wildman–Crippen MR) is 86.9 cm³/mol. The van der Waals surface area contributed by atoms with Gasteiger partial charge in [-0.1, -0.05) is 6.07 Å².